The monoisotopic (exact) mass is 476 g/mol. The molecule has 0 spiro atoms. The lowest BCUT2D eigenvalue weighted by atomic mass is 10.2. The maximum Gasteiger partial charge on any atom is 0.449 e. The molecular formula is C20H27F3N4O4S. The van der Waals surface area contributed by atoms with Gasteiger partial charge in [-0.15, -0.1) is 0 Å². The van der Waals surface area contributed by atoms with Crippen LogP contribution in [0, 0.1) is 0 Å². The summed E-state index contributed by atoms with van der Waals surface area (Å²) in [4.78, 5) is 15.7. The number of hydrogen-bond donors (Lipinski definition) is 1. The number of aromatic nitrogens is 2. The maximum absolute atomic E-state index is 13.6. The fraction of sp³-hybridized carbons (Fsp3) is 0.600. The van der Waals surface area contributed by atoms with Gasteiger partial charge in [-0.1, -0.05) is 13.8 Å². The summed E-state index contributed by atoms with van der Waals surface area (Å²) >= 11 is 0. The second-order valence-electron chi connectivity index (χ2n) is 7.51. The van der Waals surface area contributed by atoms with Crippen molar-refractivity contribution in [3.63, 3.8) is 0 Å². The van der Waals surface area contributed by atoms with Gasteiger partial charge in [0.25, 0.3) is 0 Å². The van der Waals surface area contributed by atoms with E-state index in [-0.39, 0.29) is 48.1 Å². The smallest absolute Gasteiger partial charge is 0.376 e. The molecule has 1 aliphatic rings. The van der Waals surface area contributed by atoms with E-state index in [1.54, 1.807) is 13.8 Å². The summed E-state index contributed by atoms with van der Waals surface area (Å²) in [6.07, 6.45) is -3.25. The summed E-state index contributed by atoms with van der Waals surface area (Å²) in [7, 11) is -3.85. The molecule has 0 aliphatic carbocycles. The summed E-state index contributed by atoms with van der Waals surface area (Å²) in [5.74, 6) is -1.56. The number of halogens is 3. The normalized spacial score (nSPS) is 17.4. The molecule has 1 aromatic heterocycles. The Hall–Kier alpha value is -2.18. The predicted molar refractivity (Wildman–Crippen MR) is 111 cm³/mol. The molecule has 0 radical (unpaired) electrons. The number of hydrogen-bond acceptors (Lipinski definition) is 5. The number of benzene rings is 1. The Morgan fingerprint density at radius 3 is 2.62 bits per heavy atom. The standard InChI is InChI=1S/C20H27F3N4O4S/c1-3-26(4-2)32(29,30)15-7-8-17-16(12-15)25-19(20(21,22)23)27(17)10-9-18(28)24-13-14-6-5-11-31-14/h7-8,12,14H,3-6,9-11,13H2,1-2H3,(H,24,28)/t14-/m0/s1. The third-order valence-electron chi connectivity index (χ3n) is 5.43. The molecule has 12 heteroatoms. The van der Waals surface area contributed by atoms with Crippen LogP contribution in [0.1, 0.15) is 38.9 Å². The summed E-state index contributed by atoms with van der Waals surface area (Å²) in [5, 5.41) is 2.68. The van der Waals surface area contributed by atoms with Crippen LogP contribution in [-0.2, 0) is 32.3 Å². The van der Waals surface area contributed by atoms with Crippen LogP contribution < -0.4 is 5.32 Å². The molecule has 8 nitrogen and oxygen atoms in total. The molecule has 1 saturated heterocycles. The highest BCUT2D eigenvalue weighted by molar-refractivity contribution is 7.89. The average molecular weight is 477 g/mol. The number of sulfonamides is 1. The first kappa shape index (κ1) is 24.5. The fourth-order valence-electron chi connectivity index (χ4n) is 3.76. The third kappa shape index (κ3) is 5.24. The lowest BCUT2D eigenvalue weighted by Gasteiger charge is -2.18. The zero-order valence-corrected chi connectivity index (χ0v) is 18.8. The van der Waals surface area contributed by atoms with E-state index >= 15 is 0 Å². The quantitative estimate of drug-likeness (QED) is 0.601. The van der Waals surface area contributed by atoms with Crippen molar-refractivity contribution in [2.45, 2.75) is 56.8 Å². The van der Waals surface area contributed by atoms with Gasteiger partial charge in [0.2, 0.25) is 21.8 Å². The van der Waals surface area contributed by atoms with E-state index in [2.05, 4.69) is 10.3 Å². The number of carbonyl (C=O) groups excluding carboxylic acids is 1. The van der Waals surface area contributed by atoms with E-state index < -0.39 is 27.9 Å². The summed E-state index contributed by atoms with van der Waals surface area (Å²) in [6, 6.07) is 3.72. The molecule has 0 saturated carbocycles. The Labute approximate surface area is 184 Å². The maximum atomic E-state index is 13.6. The summed E-state index contributed by atoms with van der Waals surface area (Å²) in [6.45, 7) is 4.55. The number of nitrogens with zero attached hydrogens (tertiary/aromatic N) is 3. The minimum absolute atomic E-state index is 0.0649. The van der Waals surface area contributed by atoms with Crippen molar-refractivity contribution in [2.75, 3.05) is 26.2 Å². The topological polar surface area (TPSA) is 93.5 Å². The van der Waals surface area contributed by atoms with Crippen molar-refractivity contribution in [1.82, 2.24) is 19.2 Å². The van der Waals surface area contributed by atoms with Crippen molar-refractivity contribution < 1.29 is 31.1 Å². The van der Waals surface area contributed by atoms with Gasteiger partial charge in [0.1, 0.15) is 0 Å². The van der Waals surface area contributed by atoms with Gasteiger partial charge in [-0.3, -0.25) is 4.79 Å². The number of aryl methyl sites for hydroxylation is 1. The first-order chi connectivity index (χ1) is 15.1. The Morgan fingerprint density at radius 2 is 2.03 bits per heavy atom. The van der Waals surface area contributed by atoms with Crippen molar-refractivity contribution in [1.29, 1.82) is 0 Å². The number of ether oxygens (including phenoxy) is 1. The van der Waals surface area contributed by atoms with Gasteiger partial charge in [0, 0.05) is 39.2 Å². The zero-order valence-electron chi connectivity index (χ0n) is 18.0. The molecule has 2 aromatic rings. The van der Waals surface area contributed by atoms with Crippen LogP contribution in [0.4, 0.5) is 13.2 Å². The van der Waals surface area contributed by atoms with Crippen molar-refractivity contribution in [3.05, 3.63) is 24.0 Å². The van der Waals surface area contributed by atoms with E-state index in [0.29, 0.717) is 13.2 Å². The van der Waals surface area contributed by atoms with Crippen LogP contribution in [0.3, 0.4) is 0 Å². The van der Waals surface area contributed by atoms with Gasteiger partial charge in [-0.25, -0.2) is 13.4 Å². The SMILES string of the molecule is CCN(CC)S(=O)(=O)c1ccc2c(c1)nc(C(F)(F)F)n2CCC(=O)NC[C@@H]1CCCO1. The van der Waals surface area contributed by atoms with E-state index in [1.165, 1.54) is 16.4 Å². The van der Waals surface area contributed by atoms with Gasteiger partial charge in [-0.2, -0.15) is 17.5 Å². The Bertz CT molecular complexity index is 1060. The first-order valence-corrected chi connectivity index (χ1v) is 12.0. The highest BCUT2D eigenvalue weighted by atomic mass is 32.2. The lowest BCUT2D eigenvalue weighted by molar-refractivity contribution is -0.147. The van der Waals surface area contributed by atoms with Crippen LogP contribution in [0.25, 0.3) is 11.0 Å². The number of carbonyl (C=O) groups is 1. The van der Waals surface area contributed by atoms with Crippen molar-refractivity contribution >= 4 is 27.0 Å². The molecule has 1 aliphatic heterocycles. The zero-order chi connectivity index (χ0) is 23.5. The number of nitrogens with one attached hydrogen (secondary N) is 1. The molecule has 1 fully saturated rings. The van der Waals surface area contributed by atoms with Crippen LogP contribution in [0.5, 0.6) is 0 Å². The Morgan fingerprint density at radius 1 is 1.31 bits per heavy atom. The minimum atomic E-state index is -4.76. The van der Waals surface area contributed by atoms with Gasteiger partial charge in [0.15, 0.2) is 0 Å². The highest BCUT2D eigenvalue weighted by Gasteiger charge is 2.38. The Balaban J connectivity index is 1.85. The summed E-state index contributed by atoms with van der Waals surface area (Å²) < 4.78 is 73.8. The van der Waals surface area contributed by atoms with Crippen LogP contribution in [-0.4, -0.2) is 60.5 Å². The highest BCUT2D eigenvalue weighted by Crippen LogP contribution is 2.32. The summed E-state index contributed by atoms with van der Waals surface area (Å²) in [5.41, 5.74) is 0.0214. The molecule has 178 valence electrons. The van der Waals surface area contributed by atoms with Crippen molar-refractivity contribution in [3.8, 4) is 0 Å². The Kier molecular flexibility index (Phi) is 7.46. The van der Waals surface area contributed by atoms with Gasteiger partial charge in [-0.05, 0) is 31.0 Å². The molecule has 32 heavy (non-hydrogen) atoms. The van der Waals surface area contributed by atoms with Gasteiger partial charge < -0.3 is 14.6 Å². The largest absolute Gasteiger partial charge is 0.449 e. The average Bonchev–Trinajstić information content (AvgIpc) is 3.38. The molecule has 1 aromatic carbocycles. The molecule has 0 bridgehead atoms. The van der Waals surface area contributed by atoms with Crippen LogP contribution in [0.15, 0.2) is 23.1 Å². The molecule has 1 amide bonds. The van der Waals surface area contributed by atoms with Gasteiger partial charge in [0.05, 0.1) is 22.0 Å². The number of fused-ring (bicyclic) bond motifs is 1. The van der Waals surface area contributed by atoms with E-state index in [9.17, 15) is 26.4 Å². The second-order valence-corrected chi connectivity index (χ2v) is 9.45. The van der Waals surface area contributed by atoms with Crippen LogP contribution in [0.2, 0.25) is 0 Å². The number of amides is 1. The molecular weight excluding hydrogens is 449 g/mol. The van der Waals surface area contributed by atoms with E-state index in [1.807, 2.05) is 0 Å². The molecule has 0 unspecified atom stereocenters. The molecule has 2 heterocycles. The minimum Gasteiger partial charge on any atom is -0.376 e. The molecule has 1 N–H and O–H groups in total. The predicted octanol–water partition coefficient (Wildman–Crippen LogP) is 2.77. The van der Waals surface area contributed by atoms with Gasteiger partial charge >= 0.3 is 6.18 Å². The molecule has 1 atom stereocenters. The van der Waals surface area contributed by atoms with Crippen LogP contribution >= 0.6 is 0 Å². The van der Waals surface area contributed by atoms with Crippen molar-refractivity contribution in [2.24, 2.45) is 0 Å². The fourth-order valence-corrected chi connectivity index (χ4v) is 5.24. The van der Waals surface area contributed by atoms with E-state index in [0.717, 1.165) is 23.5 Å². The number of rotatable bonds is 9. The number of alkyl halides is 3. The lowest BCUT2D eigenvalue weighted by Crippen LogP contribution is -2.32. The molecule has 3 rings (SSSR count). The second kappa shape index (κ2) is 9.75. The first-order valence-electron chi connectivity index (χ1n) is 10.5. The third-order valence-corrected chi connectivity index (χ3v) is 7.48. The number of imidazole rings is 1. The van der Waals surface area contributed by atoms with E-state index in [4.69, 9.17) is 4.74 Å².